The van der Waals surface area contributed by atoms with E-state index in [9.17, 15) is 0 Å². The number of aryl methyl sites for hydroxylation is 1. The van der Waals surface area contributed by atoms with Crippen LogP contribution in [0.2, 0.25) is 0 Å². The molecule has 0 saturated carbocycles. The molecule has 0 N–H and O–H groups in total. The maximum atomic E-state index is 5.76. The van der Waals surface area contributed by atoms with E-state index < -0.39 is 0 Å². The monoisotopic (exact) mass is 300 g/mol. The maximum Gasteiger partial charge on any atom is 0.189 e. The number of nitrogens with zero attached hydrogens (tertiary/aromatic N) is 8. The number of aromatic nitrogens is 8. The molecule has 0 radical (unpaired) electrons. The van der Waals surface area contributed by atoms with Crippen LogP contribution in [0.1, 0.15) is 25.6 Å². The smallest absolute Gasteiger partial charge is 0.189 e. The zero-order valence-electron chi connectivity index (χ0n) is 12.2. The molecule has 2 aromatic heterocycles. The molecule has 0 amide bonds. The van der Waals surface area contributed by atoms with Gasteiger partial charge in [0.25, 0.3) is 0 Å². The van der Waals surface area contributed by atoms with Crippen LogP contribution in [0.5, 0.6) is 5.75 Å². The van der Waals surface area contributed by atoms with Gasteiger partial charge >= 0.3 is 0 Å². The summed E-state index contributed by atoms with van der Waals surface area (Å²) in [5.74, 6) is 1.42. The Morgan fingerprint density at radius 2 is 2.14 bits per heavy atom. The largest absolute Gasteiger partial charge is 0.485 e. The van der Waals surface area contributed by atoms with Crippen LogP contribution in [0.3, 0.4) is 0 Å². The molecular formula is C13H16N8O. The molecule has 114 valence electrons. The molecule has 0 atom stereocenters. The number of benzene rings is 1. The van der Waals surface area contributed by atoms with Gasteiger partial charge in [0.1, 0.15) is 18.7 Å². The maximum absolute atomic E-state index is 5.76. The fourth-order valence-corrected chi connectivity index (χ4v) is 1.95. The van der Waals surface area contributed by atoms with Crippen LogP contribution in [-0.4, -0.2) is 40.4 Å². The fraction of sp³-hybridized carbons (Fsp3) is 0.385. The van der Waals surface area contributed by atoms with E-state index in [1.165, 1.54) is 6.33 Å². The summed E-state index contributed by atoms with van der Waals surface area (Å²) in [4.78, 5) is 0. The van der Waals surface area contributed by atoms with Crippen molar-refractivity contribution in [3.8, 4) is 11.4 Å². The molecule has 22 heavy (non-hydrogen) atoms. The van der Waals surface area contributed by atoms with Gasteiger partial charge < -0.3 is 4.74 Å². The summed E-state index contributed by atoms with van der Waals surface area (Å²) in [7, 11) is 0. The van der Waals surface area contributed by atoms with Crippen LogP contribution >= 0.6 is 0 Å². The van der Waals surface area contributed by atoms with Crippen LogP contribution < -0.4 is 4.74 Å². The van der Waals surface area contributed by atoms with Crippen LogP contribution in [0.15, 0.2) is 30.6 Å². The highest BCUT2D eigenvalue weighted by molar-refractivity contribution is 5.37. The van der Waals surface area contributed by atoms with Crippen molar-refractivity contribution in [3.63, 3.8) is 0 Å². The van der Waals surface area contributed by atoms with Crippen molar-refractivity contribution in [2.75, 3.05) is 0 Å². The molecule has 0 spiro atoms. The second-order valence-electron chi connectivity index (χ2n) is 4.71. The summed E-state index contributed by atoms with van der Waals surface area (Å²) in [6, 6.07) is 7.51. The molecule has 3 aromatic rings. The molecule has 2 heterocycles. The van der Waals surface area contributed by atoms with Gasteiger partial charge in [0.15, 0.2) is 5.82 Å². The topological polar surface area (TPSA) is 96.4 Å². The summed E-state index contributed by atoms with van der Waals surface area (Å²) in [6.07, 6.45) is 3.66. The van der Waals surface area contributed by atoms with Gasteiger partial charge in [0.2, 0.25) is 0 Å². The van der Waals surface area contributed by atoms with E-state index in [0.29, 0.717) is 18.2 Å². The Balaban J connectivity index is 1.67. The first-order valence-corrected chi connectivity index (χ1v) is 7.08. The molecule has 9 nitrogen and oxygen atoms in total. The van der Waals surface area contributed by atoms with E-state index in [1.807, 2.05) is 24.3 Å². The summed E-state index contributed by atoms with van der Waals surface area (Å²) in [5.41, 5.74) is 0.827. The van der Waals surface area contributed by atoms with Gasteiger partial charge in [-0.1, -0.05) is 19.4 Å². The zero-order chi connectivity index (χ0) is 15.2. The predicted octanol–water partition coefficient (Wildman–Crippen LogP) is 1.03. The fourth-order valence-electron chi connectivity index (χ4n) is 1.95. The lowest BCUT2D eigenvalue weighted by Crippen LogP contribution is -2.09. The Labute approximate surface area is 126 Å². The van der Waals surface area contributed by atoms with Gasteiger partial charge in [-0.3, -0.25) is 0 Å². The molecule has 0 bridgehead atoms. The highest BCUT2D eigenvalue weighted by atomic mass is 16.5. The minimum Gasteiger partial charge on any atom is -0.485 e. The summed E-state index contributed by atoms with van der Waals surface area (Å²) in [5, 5.41) is 22.7. The molecule has 0 aliphatic rings. The van der Waals surface area contributed by atoms with Crippen molar-refractivity contribution in [3.05, 3.63) is 36.4 Å². The van der Waals surface area contributed by atoms with Gasteiger partial charge in [-0.2, -0.15) is 0 Å². The van der Waals surface area contributed by atoms with Crippen LogP contribution in [0.4, 0.5) is 0 Å². The third-order valence-corrected chi connectivity index (χ3v) is 3.13. The number of unbranched alkanes of at least 4 members (excludes halogenated alkanes) is 1. The normalized spacial score (nSPS) is 10.8. The number of tetrazole rings is 2. The molecule has 0 unspecified atom stereocenters. The lowest BCUT2D eigenvalue weighted by atomic mass is 10.3. The Hall–Kier alpha value is -2.84. The molecular weight excluding hydrogens is 284 g/mol. The SMILES string of the molecule is CCCCn1nnnc1COc1cccc(-n2cnnn2)c1. The van der Waals surface area contributed by atoms with Crippen LogP contribution in [0, 0.1) is 0 Å². The van der Waals surface area contributed by atoms with E-state index in [0.717, 1.165) is 25.1 Å². The van der Waals surface area contributed by atoms with Gasteiger partial charge in [0, 0.05) is 12.6 Å². The quantitative estimate of drug-likeness (QED) is 0.642. The molecule has 3 rings (SSSR count). The predicted molar refractivity (Wildman–Crippen MR) is 76.2 cm³/mol. The van der Waals surface area contributed by atoms with E-state index in [4.69, 9.17) is 4.74 Å². The Bertz CT molecular complexity index is 708. The van der Waals surface area contributed by atoms with E-state index in [2.05, 4.69) is 38.0 Å². The summed E-state index contributed by atoms with van der Waals surface area (Å²) >= 11 is 0. The van der Waals surface area contributed by atoms with Crippen LogP contribution in [-0.2, 0) is 13.2 Å². The first-order valence-electron chi connectivity index (χ1n) is 7.08. The van der Waals surface area contributed by atoms with Gasteiger partial charge in [-0.15, -0.1) is 10.2 Å². The number of hydrogen-bond acceptors (Lipinski definition) is 7. The molecule has 9 heteroatoms. The highest BCUT2D eigenvalue weighted by Crippen LogP contribution is 2.16. The highest BCUT2D eigenvalue weighted by Gasteiger charge is 2.07. The minimum atomic E-state index is 0.315. The van der Waals surface area contributed by atoms with E-state index >= 15 is 0 Å². The summed E-state index contributed by atoms with van der Waals surface area (Å²) in [6.45, 7) is 3.24. The number of ether oxygens (including phenoxy) is 1. The lowest BCUT2D eigenvalue weighted by molar-refractivity contribution is 0.285. The van der Waals surface area contributed by atoms with Gasteiger partial charge in [-0.05, 0) is 39.4 Å². The van der Waals surface area contributed by atoms with E-state index in [1.54, 1.807) is 9.36 Å². The van der Waals surface area contributed by atoms with E-state index in [-0.39, 0.29) is 0 Å². The van der Waals surface area contributed by atoms with Gasteiger partial charge in [0.05, 0.1) is 5.69 Å². The number of rotatable bonds is 7. The summed E-state index contributed by atoms with van der Waals surface area (Å²) < 4.78 is 9.10. The Morgan fingerprint density at radius 1 is 1.18 bits per heavy atom. The molecule has 0 aliphatic heterocycles. The van der Waals surface area contributed by atoms with Gasteiger partial charge in [-0.25, -0.2) is 9.36 Å². The first kappa shape index (κ1) is 14.1. The minimum absolute atomic E-state index is 0.315. The van der Waals surface area contributed by atoms with Crippen molar-refractivity contribution >= 4 is 0 Å². The zero-order valence-corrected chi connectivity index (χ0v) is 12.2. The third kappa shape index (κ3) is 3.25. The van der Waals surface area contributed by atoms with Crippen molar-refractivity contribution in [2.45, 2.75) is 32.9 Å². The average molecular weight is 300 g/mol. The molecule has 0 fully saturated rings. The van der Waals surface area contributed by atoms with Crippen molar-refractivity contribution in [2.24, 2.45) is 0 Å². The standard InChI is InChI=1S/C13H16N8O/c1-2-3-7-20-13(15-17-19-20)9-22-12-6-4-5-11(8-12)21-10-14-16-18-21/h4-6,8,10H,2-3,7,9H2,1H3. The van der Waals surface area contributed by atoms with Crippen molar-refractivity contribution in [1.82, 2.24) is 40.4 Å². The second kappa shape index (κ2) is 6.74. The number of hydrogen-bond donors (Lipinski definition) is 0. The second-order valence-corrected chi connectivity index (χ2v) is 4.71. The third-order valence-electron chi connectivity index (χ3n) is 3.13. The first-order chi connectivity index (χ1) is 10.9. The Morgan fingerprint density at radius 3 is 2.95 bits per heavy atom. The average Bonchev–Trinajstić information content (AvgIpc) is 3.23. The molecule has 1 aromatic carbocycles. The Kier molecular flexibility index (Phi) is 4.33. The molecule has 0 saturated heterocycles. The van der Waals surface area contributed by atoms with Crippen LogP contribution in [0.25, 0.3) is 5.69 Å². The lowest BCUT2D eigenvalue weighted by Gasteiger charge is -2.08. The van der Waals surface area contributed by atoms with Crippen molar-refractivity contribution < 1.29 is 4.74 Å². The molecule has 0 aliphatic carbocycles. The van der Waals surface area contributed by atoms with Crippen molar-refractivity contribution in [1.29, 1.82) is 0 Å².